The fourth-order valence-electron chi connectivity index (χ4n) is 1.94. The minimum absolute atomic E-state index is 0.325. The summed E-state index contributed by atoms with van der Waals surface area (Å²) in [6.45, 7) is 0.405. The Balaban J connectivity index is 2.02. The molecule has 1 atom stereocenters. The van der Waals surface area contributed by atoms with Gasteiger partial charge in [0.15, 0.2) is 6.10 Å². The first kappa shape index (κ1) is 11.3. The van der Waals surface area contributed by atoms with Crippen molar-refractivity contribution in [1.29, 1.82) is 0 Å². The number of esters is 1. The summed E-state index contributed by atoms with van der Waals surface area (Å²) in [5.41, 5.74) is 0.657. The van der Waals surface area contributed by atoms with Crippen molar-refractivity contribution >= 4 is 28.5 Å². The van der Waals surface area contributed by atoms with Crippen LogP contribution in [0.5, 0.6) is 5.75 Å². The summed E-state index contributed by atoms with van der Waals surface area (Å²) in [7, 11) is 0. The number of hydrogen-bond acceptors (Lipinski definition) is 4. The van der Waals surface area contributed by atoms with Crippen LogP contribution in [0.1, 0.15) is 6.42 Å². The molecule has 0 aliphatic carbocycles. The Morgan fingerprint density at radius 3 is 3.06 bits per heavy atom. The molecule has 92 valence electrons. The highest BCUT2D eigenvalue weighted by Gasteiger charge is 2.29. The van der Waals surface area contributed by atoms with Gasteiger partial charge in [-0.05, 0) is 24.3 Å². The van der Waals surface area contributed by atoms with Crippen LogP contribution in [0.25, 0.3) is 10.9 Å². The Hall–Kier alpha value is -1.81. The molecule has 1 aromatic carbocycles. The molecule has 1 aliphatic rings. The molecular formula is C13H10ClNO3. The number of hydrogen-bond donors (Lipinski definition) is 0. The molecule has 1 aromatic heterocycles. The molecule has 2 aromatic rings. The number of pyridine rings is 1. The molecule has 1 saturated heterocycles. The van der Waals surface area contributed by atoms with Crippen molar-refractivity contribution in [2.75, 3.05) is 6.61 Å². The highest BCUT2D eigenvalue weighted by molar-refractivity contribution is 6.35. The lowest BCUT2D eigenvalue weighted by molar-refractivity contribution is -0.143. The second-order valence-corrected chi connectivity index (χ2v) is 4.41. The zero-order chi connectivity index (χ0) is 12.5. The largest absolute Gasteiger partial charge is 0.476 e. The number of ether oxygens (including phenoxy) is 2. The highest BCUT2D eigenvalue weighted by atomic mass is 35.5. The van der Waals surface area contributed by atoms with Crippen LogP contribution in [0.4, 0.5) is 0 Å². The summed E-state index contributed by atoms with van der Waals surface area (Å²) in [5.74, 6) is 0.230. The summed E-state index contributed by atoms with van der Waals surface area (Å²) in [4.78, 5) is 15.6. The third-order valence-corrected chi connectivity index (χ3v) is 3.17. The zero-order valence-electron chi connectivity index (χ0n) is 9.43. The number of aromatic nitrogens is 1. The van der Waals surface area contributed by atoms with E-state index >= 15 is 0 Å². The van der Waals surface area contributed by atoms with Crippen molar-refractivity contribution in [2.24, 2.45) is 0 Å². The monoisotopic (exact) mass is 263 g/mol. The topological polar surface area (TPSA) is 48.4 Å². The molecule has 0 amide bonds. The SMILES string of the molecule is O=C1OCCC1Oc1ccc(Cl)c2cccnc12. The molecule has 0 bridgehead atoms. The van der Waals surface area contributed by atoms with Crippen LogP contribution in [0.2, 0.25) is 5.02 Å². The van der Waals surface area contributed by atoms with Crippen LogP contribution in [-0.4, -0.2) is 23.7 Å². The van der Waals surface area contributed by atoms with E-state index in [0.717, 1.165) is 5.39 Å². The fraction of sp³-hybridized carbons (Fsp3) is 0.231. The minimum Gasteiger partial charge on any atom is -0.476 e. The van der Waals surface area contributed by atoms with Gasteiger partial charge in [-0.15, -0.1) is 0 Å². The summed E-state index contributed by atoms with van der Waals surface area (Å²) < 4.78 is 10.5. The first-order valence-corrected chi connectivity index (χ1v) is 6.00. The standard InChI is InChI=1S/C13H10ClNO3/c14-9-3-4-10(12-8(9)2-1-6-15-12)18-11-5-7-17-13(11)16/h1-4,6,11H,5,7H2. The van der Waals surface area contributed by atoms with Crippen molar-refractivity contribution in [1.82, 2.24) is 4.98 Å². The van der Waals surface area contributed by atoms with E-state index in [1.807, 2.05) is 12.1 Å². The molecule has 0 spiro atoms. The van der Waals surface area contributed by atoms with Gasteiger partial charge in [-0.2, -0.15) is 0 Å². The van der Waals surface area contributed by atoms with Crippen LogP contribution in [0, 0.1) is 0 Å². The van der Waals surface area contributed by atoms with Crippen LogP contribution in [0.15, 0.2) is 30.5 Å². The zero-order valence-corrected chi connectivity index (χ0v) is 10.2. The Bertz CT molecular complexity index is 614. The smallest absolute Gasteiger partial charge is 0.347 e. The number of carbonyl (C=O) groups is 1. The third-order valence-electron chi connectivity index (χ3n) is 2.84. The molecule has 3 rings (SSSR count). The summed E-state index contributed by atoms with van der Waals surface area (Å²) in [6, 6.07) is 7.14. The third kappa shape index (κ3) is 1.88. The van der Waals surface area contributed by atoms with E-state index in [4.69, 9.17) is 21.1 Å². The Morgan fingerprint density at radius 2 is 2.28 bits per heavy atom. The number of halogens is 1. The van der Waals surface area contributed by atoms with Gasteiger partial charge < -0.3 is 9.47 Å². The Morgan fingerprint density at radius 1 is 1.39 bits per heavy atom. The maximum Gasteiger partial charge on any atom is 0.347 e. The van der Waals surface area contributed by atoms with Gasteiger partial charge in [0.25, 0.3) is 0 Å². The quantitative estimate of drug-likeness (QED) is 0.782. The number of benzene rings is 1. The lowest BCUT2D eigenvalue weighted by Crippen LogP contribution is -2.21. The van der Waals surface area contributed by atoms with Gasteiger partial charge in [0.1, 0.15) is 11.3 Å². The van der Waals surface area contributed by atoms with Crippen LogP contribution >= 0.6 is 11.6 Å². The molecule has 0 radical (unpaired) electrons. The van der Waals surface area contributed by atoms with E-state index in [1.165, 1.54) is 0 Å². The first-order chi connectivity index (χ1) is 8.75. The van der Waals surface area contributed by atoms with E-state index in [9.17, 15) is 4.79 Å². The summed E-state index contributed by atoms with van der Waals surface area (Å²) >= 11 is 6.09. The Labute approximate surface area is 108 Å². The highest BCUT2D eigenvalue weighted by Crippen LogP contribution is 2.31. The molecule has 0 saturated carbocycles. The van der Waals surface area contributed by atoms with Gasteiger partial charge in [0.05, 0.1) is 11.6 Å². The normalized spacial score (nSPS) is 18.9. The molecule has 1 fully saturated rings. The van der Waals surface area contributed by atoms with E-state index in [1.54, 1.807) is 18.3 Å². The van der Waals surface area contributed by atoms with E-state index in [0.29, 0.717) is 29.3 Å². The van der Waals surface area contributed by atoms with Crippen molar-refractivity contribution in [3.8, 4) is 5.75 Å². The molecule has 18 heavy (non-hydrogen) atoms. The van der Waals surface area contributed by atoms with E-state index < -0.39 is 6.10 Å². The second kappa shape index (κ2) is 4.46. The molecule has 1 aliphatic heterocycles. The molecule has 4 nitrogen and oxygen atoms in total. The lowest BCUT2D eigenvalue weighted by Gasteiger charge is -2.12. The molecule has 2 heterocycles. The van der Waals surface area contributed by atoms with Gasteiger partial charge in [-0.3, -0.25) is 4.98 Å². The average Bonchev–Trinajstić information content (AvgIpc) is 2.79. The predicted octanol–water partition coefficient (Wildman–Crippen LogP) is 2.58. The van der Waals surface area contributed by atoms with Gasteiger partial charge in [-0.1, -0.05) is 11.6 Å². The number of rotatable bonds is 2. The first-order valence-electron chi connectivity index (χ1n) is 5.62. The maximum absolute atomic E-state index is 11.4. The van der Waals surface area contributed by atoms with Crippen molar-refractivity contribution in [3.05, 3.63) is 35.5 Å². The van der Waals surface area contributed by atoms with Crippen LogP contribution < -0.4 is 4.74 Å². The maximum atomic E-state index is 11.4. The van der Waals surface area contributed by atoms with Crippen LogP contribution in [-0.2, 0) is 9.53 Å². The minimum atomic E-state index is -0.545. The van der Waals surface area contributed by atoms with Gasteiger partial charge in [0.2, 0.25) is 0 Å². The number of cyclic esters (lactones) is 1. The average molecular weight is 264 g/mol. The number of nitrogens with zero attached hydrogens (tertiary/aromatic N) is 1. The van der Waals surface area contributed by atoms with E-state index in [-0.39, 0.29) is 5.97 Å². The van der Waals surface area contributed by atoms with Crippen molar-refractivity contribution < 1.29 is 14.3 Å². The number of fused-ring (bicyclic) bond motifs is 1. The Kier molecular flexibility index (Phi) is 2.80. The van der Waals surface area contributed by atoms with Crippen LogP contribution in [0.3, 0.4) is 0 Å². The lowest BCUT2D eigenvalue weighted by atomic mass is 10.2. The molecule has 1 unspecified atom stereocenters. The summed E-state index contributed by atoms with van der Waals surface area (Å²) in [5, 5.41) is 1.42. The summed E-state index contributed by atoms with van der Waals surface area (Å²) in [6.07, 6.45) is 1.69. The van der Waals surface area contributed by atoms with Gasteiger partial charge in [-0.25, -0.2) is 4.79 Å². The molecular weight excluding hydrogens is 254 g/mol. The molecule has 5 heteroatoms. The predicted molar refractivity (Wildman–Crippen MR) is 66.7 cm³/mol. The van der Waals surface area contributed by atoms with Crippen molar-refractivity contribution in [2.45, 2.75) is 12.5 Å². The van der Waals surface area contributed by atoms with E-state index in [2.05, 4.69) is 4.98 Å². The van der Waals surface area contributed by atoms with Gasteiger partial charge >= 0.3 is 5.97 Å². The number of carbonyl (C=O) groups excluding carboxylic acids is 1. The van der Waals surface area contributed by atoms with Gasteiger partial charge in [0, 0.05) is 18.0 Å². The molecule has 0 N–H and O–H groups in total. The second-order valence-electron chi connectivity index (χ2n) is 4.01. The van der Waals surface area contributed by atoms with Crippen molar-refractivity contribution in [3.63, 3.8) is 0 Å². The fourth-order valence-corrected chi connectivity index (χ4v) is 2.16.